The summed E-state index contributed by atoms with van der Waals surface area (Å²) in [6.45, 7) is 9.63. The lowest BCUT2D eigenvalue weighted by molar-refractivity contribution is -0.114. The molecule has 1 saturated heterocycles. The fraction of sp³-hybridized carbons (Fsp3) is 0.438. The Kier molecular flexibility index (Phi) is 3.34. The minimum Gasteiger partial charge on any atom is -0.399 e. The number of aromatic nitrogens is 1. The van der Waals surface area contributed by atoms with Gasteiger partial charge in [-0.3, -0.25) is 4.79 Å². The predicted octanol–water partition coefficient (Wildman–Crippen LogP) is 2.43. The number of hydrogen-bond donors (Lipinski definition) is 2. The Balaban J connectivity index is 1.97. The Morgan fingerprint density at radius 3 is 2.41 bits per heavy atom. The number of hydrogen-bond acceptors (Lipinski definition) is 3. The van der Waals surface area contributed by atoms with E-state index < -0.39 is 7.12 Å². The first-order chi connectivity index (χ1) is 10.2. The number of carbonyl (C=O) groups is 1. The second-order valence-electron chi connectivity index (χ2n) is 6.78. The molecule has 0 radical (unpaired) electrons. The van der Waals surface area contributed by atoms with E-state index in [9.17, 15) is 4.79 Å². The van der Waals surface area contributed by atoms with Gasteiger partial charge in [0.2, 0.25) is 5.91 Å². The van der Waals surface area contributed by atoms with Gasteiger partial charge in [-0.05, 0) is 39.2 Å². The molecule has 6 heteroatoms. The molecule has 0 spiro atoms. The number of anilines is 1. The SMILES string of the molecule is CC(=O)Nc1c[nH]c2ccc(B3OC(C)(C)C(C)(C)O3)cc12. The fourth-order valence-corrected chi connectivity index (χ4v) is 2.56. The molecule has 0 unspecified atom stereocenters. The van der Waals surface area contributed by atoms with Gasteiger partial charge >= 0.3 is 7.12 Å². The van der Waals surface area contributed by atoms with Gasteiger partial charge in [-0.2, -0.15) is 0 Å². The van der Waals surface area contributed by atoms with Crippen molar-refractivity contribution in [3.63, 3.8) is 0 Å². The lowest BCUT2D eigenvalue weighted by atomic mass is 9.78. The van der Waals surface area contributed by atoms with E-state index in [2.05, 4.69) is 10.3 Å². The van der Waals surface area contributed by atoms with Gasteiger partial charge in [-0.25, -0.2) is 0 Å². The van der Waals surface area contributed by atoms with Crippen molar-refractivity contribution in [2.24, 2.45) is 0 Å². The van der Waals surface area contributed by atoms with Gasteiger partial charge < -0.3 is 19.6 Å². The highest BCUT2D eigenvalue weighted by atomic mass is 16.7. The monoisotopic (exact) mass is 300 g/mol. The molecule has 1 aliphatic heterocycles. The lowest BCUT2D eigenvalue weighted by Crippen LogP contribution is -2.41. The van der Waals surface area contributed by atoms with E-state index in [1.807, 2.05) is 45.9 Å². The van der Waals surface area contributed by atoms with E-state index in [0.717, 1.165) is 22.1 Å². The lowest BCUT2D eigenvalue weighted by Gasteiger charge is -2.32. The summed E-state index contributed by atoms with van der Waals surface area (Å²) < 4.78 is 12.2. The molecular formula is C16H21BN2O3. The third kappa shape index (κ3) is 2.42. The number of amides is 1. The molecule has 0 saturated carbocycles. The fourth-order valence-electron chi connectivity index (χ4n) is 2.56. The number of fused-ring (bicyclic) bond motifs is 1. The first-order valence-electron chi connectivity index (χ1n) is 7.44. The molecular weight excluding hydrogens is 279 g/mol. The molecule has 2 N–H and O–H groups in total. The molecule has 1 aromatic carbocycles. The van der Waals surface area contributed by atoms with E-state index in [0.29, 0.717) is 0 Å². The van der Waals surface area contributed by atoms with E-state index in [4.69, 9.17) is 9.31 Å². The quantitative estimate of drug-likeness (QED) is 0.837. The van der Waals surface area contributed by atoms with Gasteiger partial charge in [-0.1, -0.05) is 12.1 Å². The van der Waals surface area contributed by atoms with Crippen LogP contribution in [0.1, 0.15) is 34.6 Å². The van der Waals surface area contributed by atoms with Gasteiger partial charge in [0.1, 0.15) is 0 Å². The van der Waals surface area contributed by atoms with Crippen molar-refractivity contribution in [3.05, 3.63) is 24.4 Å². The molecule has 0 atom stereocenters. The van der Waals surface area contributed by atoms with Crippen molar-refractivity contribution in [2.45, 2.75) is 45.8 Å². The topological polar surface area (TPSA) is 63.4 Å². The van der Waals surface area contributed by atoms with Crippen LogP contribution in [0.4, 0.5) is 5.69 Å². The number of rotatable bonds is 2. The van der Waals surface area contributed by atoms with Crippen LogP contribution in [0, 0.1) is 0 Å². The van der Waals surface area contributed by atoms with Crippen LogP contribution in [0.2, 0.25) is 0 Å². The number of benzene rings is 1. The highest BCUT2D eigenvalue weighted by Crippen LogP contribution is 2.36. The summed E-state index contributed by atoms with van der Waals surface area (Å²) in [6.07, 6.45) is 1.79. The van der Waals surface area contributed by atoms with Crippen LogP contribution in [-0.4, -0.2) is 29.2 Å². The normalized spacial score (nSPS) is 19.6. The van der Waals surface area contributed by atoms with E-state index in [1.165, 1.54) is 6.92 Å². The molecule has 2 aromatic rings. The zero-order chi connectivity index (χ0) is 16.1. The molecule has 1 amide bonds. The first kappa shape index (κ1) is 15.1. The Hall–Kier alpha value is -1.79. The van der Waals surface area contributed by atoms with Crippen LogP contribution in [0.25, 0.3) is 10.9 Å². The third-order valence-corrected chi connectivity index (χ3v) is 4.54. The minimum atomic E-state index is -0.408. The molecule has 0 aliphatic carbocycles. The Labute approximate surface area is 130 Å². The molecule has 0 bridgehead atoms. The van der Waals surface area contributed by atoms with E-state index in [1.54, 1.807) is 6.20 Å². The van der Waals surface area contributed by atoms with Gasteiger partial charge in [0.05, 0.1) is 16.9 Å². The van der Waals surface area contributed by atoms with Crippen molar-refractivity contribution < 1.29 is 14.1 Å². The summed E-state index contributed by atoms with van der Waals surface area (Å²) in [5.41, 5.74) is 1.93. The molecule has 116 valence electrons. The largest absolute Gasteiger partial charge is 0.494 e. The zero-order valence-electron chi connectivity index (χ0n) is 13.6. The molecule has 1 aliphatic rings. The van der Waals surface area contributed by atoms with Crippen LogP contribution in [-0.2, 0) is 14.1 Å². The second-order valence-corrected chi connectivity index (χ2v) is 6.78. The third-order valence-electron chi connectivity index (χ3n) is 4.54. The number of carbonyl (C=O) groups excluding carboxylic acids is 1. The first-order valence-corrected chi connectivity index (χ1v) is 7.44. The van der Waals surface area contributed by atoms with Crippen molar-refractivity contribution in [1.29, 1.82) is 0 Å². The van der Waals surface area contributed by atoms with Crippen LogP contribution < -0.4 is 10.8 Å². The van der Waals surface area contributed by atoms with Crippen LogP contribution in [0.3, 0.4) is 0 Å². The highest BCUT2D eigenvalue weighted by molar-refractivity contribution is 6.62. The van der Waals surface area contributed by atoms with Gasteiger partial charge in [0.15, 0.2) is 0 Å². The highest BCUT2D eigenvalue weighted by Gasteiger charge is 2.51. The summed E-state index contributed by atoms with van der Waals surface area (Å²) in [7, 11) is -0.408. The minimum absolute atomic E-state index is 0.0954. The predicted molar refractivity (Wildman–Crippen MR) is 88.3 cm³/mol. The number of H-pyrrole nitrogens is 1. The van der Waals surface area contributed by atoms with Crippen molar-refractivity contribution in [2.75, 3.05) is 5.32 Å². The van der Waals surface area contributed by atoms with Gasteiger partial charge in [0, 0.05) is 24.0 Å². The molecule has 22 heavy (non-hydrogen) atoms. The average molecular weight is 300 g/mol. The summed E-state index contributed by atoms with van der Waals surface area (Å²) in [4.78, 5) is 14.4. The van der Waals surface area contributed by atoms with Crippen molar-refractivity contribution >= 4 is 35.1 Å². The molecule has 1 aromatic heterocycles. The number of aromatic amines is 1. The summed E-state index contributed by atoms with van der Waals surface area (Å²) in [6, 6.07) is 5.96. The second kappa shape index (κ2) is 4.86. The molecule has 3 rings (SSSR count). The van der Waals surface area contributed by atoms with Crippen LogP contribution in [0.15, 0.2) is 24.4 Å². The average Bonchev–Trinajstić information content (AvgIpc) is 2.88. The standard InChI is InChI=1S/C16H21BN2O3/c1-10(20)19-14-9-18-13-7-6-11(8-12(13)14)17-21-15(2,3)16(4,5)22-17/h6-9,18H,1-5H3,(H,19,20). The Morgan fingerprint density at radius 1 is 1.18 bits per heavy atom. The smallest absolute Gasteiger partial charge is 0.399 e. The van der Waals surface area contributed by atoms with Gasteiger partial charge in [0.25, 0.3) is 0 Å². The van der Waals surface area contributed by atoms with Gasteiger partial charge in [-0.15, -0.1) is 0 Å². The molecule has 1 fully saturated rings. The van der Waals surface area contributed by atoms with E-state index >= 15 is 0 Å². The van der Waals surface area contributed by atoms with E-state index in [-0.39, 0.29) is 17.1 Å². The Bertz CT molecular complexity index is 720. The number of nitrogens with one attached hydrogen (secondary N) is 2. The van der Waals surface area contributed by atoms with Crippen LogP contribution in [0.5, 0.6) is 0 Å². The van der Waals surface area contributed by atoms with Crippen molar-refractivity contribution in [3.8, 4) is 0 Å². The van der Waals surface area contributed by atoms with Crippen LogP contribution >= 0.6 is 0 Å². The van der Waals surface area contributed by atoms with Crippen molar-refractivity contribution in [1.82, 2.24) is 4.98 Å². The summed E-state index contributed by atoms with van der Waals surface area (Å²) in [5.74, 6) is -0.0954. The maximum absolute atomic E-state index is 11.3. The summed E-state index contributed by atoms with van der Waals surface area (Å²) in [5, 5.41) is 3.77. The Morgan fingerprint density at radius 2 is 1.82 bits per heavy atom. The zero-order valence-corrected chi connectivity index (χ0v) is 13.6. The maximum Gasteiger partial charge on any atom is 0.494 e. The molecule has 2 heterocycles. The molecule has 5 nitrogen and oxygen atoms in total. The maximum atomic E-state index is 11.3. The summed E-state index contributed by atoms with van der Waals surface area (Å²) >= 11 is 0.